The fourth-order valence-corrected chi connectivity index (χ4v) is 2.26. The topological polar surface area (TPSA) is 49.3 Å². The van der Waals surface area contributed by atoms with Crippen LogP contribution in [0.4, 0.5) is 0 Å². The van der Waals surface area contributed by atoms with Gasteiger partial charge in [-0.3, -0.25) is 4.79 Å². The second-order valence-electron chi connectivity index (χ2n) is 4.97. The van der Waals surface area contributed by atoms with Crippen molar-refractivity contribution in [2.45, 2.75) is 12.5 Å². The van der Waals surface area contributed by atoms with Gasteiger partial charge in [0.15, 0.2) is 0 Å². The Morgan fingerprint density at radius 3 is 2.33 bits per heavy atom. The molecule has 2 N–H and O–H groups in total. The molecule has 3 nitrogen and oxygen atoms in total. The molecule has 2 aromatic rings. The summed E-state index contributed by atoms with van der Waals surface area (Å²) in [5.41, 5.74) is 0.107. The van der Waals surface area contributed by atoms with E-state index in [0.29, 0.717) is 10.6 Å². The number of aliphatic hydroxyl groups is 1. The maximum atomic E-state index is 12.0. The third kappa shape index (κ3) is 4.30. The van der Waals surface area contributed by atoms with Crippen LogP contribution < -0.4 is 5.32 Å². The van der Waals surface area contributed by atoms with Gasteiger partial charge in [0.05, 0.1) is 6.54 Å². The van der Waals surface area contributed by atoms with E-state index in [9.17, 15) is 9.90 Å². The van der Waals surface area contributed by atoms with Crippen LogP contribution in [-0.2, 0) is 5.60 Å². The minimum atomic E-state index is -1.14. The van der Waals surface area contributed by atoms with Crippen molar-refractivity contribution in [2.24, 2.45) is 0 Å². The van der Waals surface area contributed by atoms with E-state index in [2.05, 4.69) is 21.2 Å². The zero-order chi connectivity index (χ0) is 15.5. The van der Waals surface area contributed by atoms with Crippen molar-refractivity contribution in [2.75, 3.05) is 6.54 Å². The van der Waals surface area contributed by atoms with E-state index in [1.165, 1.54) is 0 Å². The number of benzene rings is 2. The van der Waals surface area contributed by atoms with E-state index in [-0.39, 0.29) is 12.5 Å². The monoisotopic (exact) mass is 367 g/mol. The fraction of sp³-hybridized carbons (Fsp3) is 0.188. The molecule has 0 bridgehead atoms. The summed E-state index contributed by atoms with van der Waals surface area (Å²) in [6.45, 7) is 1.79. The van der Waals surface area contributed by atoms with E-state index >= 15 is 0 Å². The average molecular weight is 369 g/mol. The van der Waals surface area contributed by atoms with Gasteiger partial charge in [-0.1, -0.05) is 39.7 Å². The summed E-state index contributed by atoms with van der Waals surface area (Å²) in [6.07, 6.45) is 0. The highest BCUT2D eigenvalue weighted by molar-refractivity contribution is 9.10. The third-order valence-electron chi connectivity index (χ3n) is 3.17. The van der Waals surface area contributed by atoms with E-state index in [1.54, 1.807) is 31.2 Å². The molecule has 1 amide bonds. The van der Waals surface area contributed by atoms with Crippen molar-refractivity contribution in [3.63, 3.8) is 0 Å². The number of amides is 1. The lowest BCUT2D eigenvalue weighted by Crippen LogP contribution is -2.38. The Morgan fingerprint density at radius 1 is 1.19 bits per heavy atom. The van der Waals surface area contributed by atoms with Crippen molar-refractivity contribution in [3.8, 4) is 0 Å². The number of carbonyl (C=O) groups is 1. The second kappa shape index (κ2) is 6.60. The van der Waals surface area contributed by atoms with Crippen molar-refractivity contribution in [3.05, 3.63) is 69.2 Å². The molecule has 5 heteroatoms. The quantitative estimate of drug-likeness (QED) is 0.863. The molecule has 0 heterocycles. The molecule has 2 rings (SSSR count). The van der Waals surface area contributed by atoms with Crippen LogP contribution in [-0.4, -0.2) is 17.6 Å². The van der Waals surface area contributed by atoms with E-state index in [4.69, 9.17) is 11.6 Å². The zero-order valence-electron chi connectivity index (χ0n) is 11.4. The number of nitrogens with one attached hydrogen (secondary N) is 1. The van der Waals surface area contributed by atoms with Crippen molar-refractivity contribution >= 4 is 33.4 Å². The summed E-state index contributed by atoms with van der Waals surface area (Å²) >= 11 is 9.13. The summed E-state index contributed by atoms with van der Waals surface area (Å²) < 4.78 is 0.937. The minimum absolute atomic E-state index is 0.121. The van der Waals surface area contributed by atoms with Gasteiger partial charge in [-0.15, -0.1) is 0 Å². The van der Waals surface area contributed by atoms with Gasteiger partial charge in [0.25, 0.3) is 5.91 Å². The molecule has 0 aromatic heterocycles. The highest BCUT2D eigenvalue weighted by atomic mass is 79.9. The van der Waals surface area contributed by atoms with Crippen molar-refractivity contribution in [1.82, 2.24) is 5.32 Å². The van der Waals surface area contributed by atoms with Crippen LogP contribution in [0.15, 0.2) is 53.0 Å². The fourth-order valence-electron chi connectivity index (χ4n) is 1.87. The van der Waals surface area contributed by atoms with Gasteiger partial charge in [-0.25, -0.2) is 0 Å². The second-order valence-corrected chi connectivity index (χ2v) is 6.32. The molecule has 0 saturated carbocycles. The zero-order valence-corrected chi connectivity index (χ0v) is 13.8. The molecule has 0 aliphatic heterocycles. The molecule has 1 atom stereocenters. The molecule has 110 valence electrons. The average Bonchev–Trinajstić information content (AvgIpc) is 2.46. The van der Waals surface area contributed by atoms with Crippen molar-refractivity contribution in [1.29, 1.82) is 0 Å². The SMILES string of the molecule is CC(O)(CNC(=O)c1ccc(Cl)cc1)c1ccc(Br)cc1. The van der Waals surface area contributed by atoms with E-state index in [0.717, 1.165) is 10.0 Å². The van der Waals surface area contributed by atoms with Crippen LogP contribution in [0.1, 0.15) is 22.8 Å². The smallest absolute Gasteiger partial charge is 0.251 e. The Hall–Kier alpha value is -1.36. The first-order valence-electron chi connectivity index (χ1n) is 6.41. The third-order valence-corrected chi connectivity index (χ3v) is 3.95. The number of carbonyl (C=O) groups excluding carboxylic acids is 1. The number of rotatable bonds is 4. The Balaban J connectivity index is 2.02. The lowest BCUT2D eigenvalue weighted by molar-refractivity contribution is 0.0526. The van der Waals surface area contributed by atoms with Crippen LogP contribution in [0, 0.1) is 0 Å². The summed E-state index contributed by atoms with van der Waals surface area (Å²) in [4.78, 5) is 12.0. The number of halogens is 2. The molecule has 21 heavy (non-hydrogen) atoms. The molecule has 0 aliphatic carbocycles. The number of hydrogen-bond acceptors (Lipinski definition) is 2. The Bertz CT molecular complexity index is 624. The van der Waals surface area contributed by atoms with Gasteiger partial charge in [0, 0.05) is 15.1 Å². The van der Waals surface area contributed by atoms with Gasteiger partial charge >= 0.3 is 0 Å². The van der Waals surface area contributed by atoms with Gasteiger partial charge < -0.3 is 10.4 Å². The maximum absolute atomic E-state index is 12.0. The predicted molar refractivity (Wildman–Crippen MR) is 87.5 cm³/mol. The molecule has 0 saturated heterocycles. The number of hydrogen-bond donors (Lipinski definition) is 2. The Labute approximate surface area is 137 Å². The van der Waals surface area contributed by atoms with Crippen LogP contribution in [0.3, 0.4) is 0 Å². The van der Waals surface area contributed by atoms with Crippen LogP contribution >= 0.6 is 27.5 Å². The molecule has 0 fully saturated rings. The molecule has 1 unspecified atom stereocenters. The molecule has 0 spiro atoms. The van der Waals surface area contributed by atoms with Gasteiger partial charge in [-0.2, -0.15) is 0 Å². The predicted octanol–water partition coefficient (Wildman–Crippen LogP) is 3.74. The summed E-state index contributed by atoms with van der Waals surface area (Å²) in [6, 6.07) is 13.9. The normalized spacial score (nSPS) is 13.5. The standard InChI is InChI=1S/C16H15BrClNO2/c1-16(21,12-4-6-13(17)7-5-12)10-19-15(20)11-2-8-14(18)9-3-11/h2-9,21H,10H2,1H3,(H,19,20). The lowest BCUT2D eigenvalue weighted by Gasteiger charge is -2.24. The van der Waals surface area contributed by atoms with Gasteiger partial charge in [0.1, 0.15) is 5.60 Å². The summed E-state index contributed by atoms with van der Waals surface area (Å²) in [5, 5.41) is 13.8. The molecular weight excluding hydrogens is 354 g/mol. The molecule has 0 aliphatic rings. The summed E-state index contributed by atoms with van der Waals surface area (Å²) in [5.74, 6) is -0.246. The summed E-state index contributed by atoms with van der Waals surface area (Å²) in [7, 11) is 0. The Morgan fingerprint density at radius 2 is 1.76 bits per heavy atom. The van der Waals surface area contributed by atoms with E-state index in [1.807, 2.05) is 24.3 Å². The van der Waals surface area contributed by atoms with Gasteiger partial charge in [-0.05, 0) is 48.9 Å². The van der Waals surface area contributed by atoms with Crippen LogP contribution in [0.5, 0.6) is 0 Å². The highest BCUT2D eigenvalue weighted by Gasteiger charge is 2.23. The molecule has 2 aromatic carbocycles. The first-order valence-corrected chi connectivity index (χ1v) is 7.58. The van der Waals surface area contributed by atoms with Crippen molar-refractivity contribution < 1.29 is 9.90 Å². The largest absolute Gasteiger partial charge is 0.384 e. The van der Waals surface area contributed by atoms with Crippen LogP contribution in [0.2, 0.25) is 5.02 Å². The van der Waals surface area contributed by atoms with Crippen LogP contribution in [0.25, 0.3) is 0 Å². The minimum Gasteiger partial charge on any atom is -0.384 e. The highest BCUT2D eigenvalue weighted by Crippen LogP contribution is 2.22. The maximum Gasteiger partial charge on any atom is 0.251 e. The lowest BCUT2D eigenvalue weighted by atomic mass is 9.96. The van der Waals surface area contributed by atoms with Gasteiger partial charge in [0.2, 0.25) is 0 Å². The first kappa shape index (κ1) is 16.0. The van der Waals surface area contributed by atoms with E-state index < -0.39 is 5.60 Å². The first-order chi connectivity index (χ1) is 9.88. The molecular formula is C16H15BrClNO2. The Kier molecular flexibility index (Phi) is 5.04. The molecule has 0 radical (unpaired) electrons.